The first-order chi connectivity index (χ1) is 8.98. The van der Waals surface area contributed by atoms with E-state index in [4.69, 9.17) is 0 Å². The highest BCUT2D eigenvalue weighted by Crippen LogP contribution is 2.23. The highest BCUT2D eigenvalue weighted by Gasteiger charge is 2.30. The number of nitrogens with one attached hydrogen (secondary N) is 1. The quantitative estimate of drug-likeness (QED) is 0.818. The molecule has 1 saturated heterocycles. The van der Waals surface area contributed by atoms with Crippen molar-refractivity contribution < 1.29 is 9.90 Å². The molecule has 0 radical (unpaired) electrons. The molecule has 4 heteroatoms. The van der Waals surface area contributed by atoms with Crippen molar-refractivity contribution in [3.8, 4) is 0 Å². The number of aliphatic hydroxyl groups is 1. The van der Waals surface area contributed by atoms with Gasteiger partial charge in [0, 0.05) is 12.6 Å². The summed E-state index contributed by atoms with van der Waals surface area (Å²) >= 11 is 0. The maximum atomic E-state index is 12.3. The molecule has 4 nitrogen and oxygen atoms in total. The Morgan fingerprint density at radius 2 is 1.95 bits per heavy atom. The molecule has 2 atom stereocenters. The second kappa shape index (κ2) is 6.23. The first kappa shape index (κ1) is 14.8. The van der Waals surface area contributed by atoms with Crippen LogP contribution in [-0.4, -0.2) is 46.7 Å². The summed E-state index contributed by atoms with van der Waals surface area (Å²) in [4.78, 5) is 14.5. The highest BCUT2D eigenvalue weighted by molar-refractivity contribution is 5.81. The van der Waals surface area contributed by atoms with Crippen LogP contribution in [-0.2, 0) is 4.79 Å². The third-order valence-electron chi connectivity index (χ3n) is 4.73. The molecule has 110 valence electrons. The van der Waals surface area contributed by atoms with Crippen molar-refractivity contribution >= 4 is 5.91 Å². The molecule has 1 aliphatic carbocycles. The number of likely N-dealkylation sites (tertiary alicyclic amines) is 1. The number of nitrogens with zero attached hydrogens (tertiary/aromatic N) is 1. The monoisotopic (exact) mass is 268 g/mol. The molecule has 1 aliphatic heterocycles. The Bertz CT molecular complexity index is 311. The van der Waals surface area contributed by atoms with Crippen molar-refractivity contribution in [1.82, 2.24) is 10.2 Å². The molecule has 2 N–H and O–H groups in total. The zero-order valence-corrected chi connectivity index (χ0v) is 12.3. The van der Waals surface area contributed by atoms with Crippen molar-refractivity contribution in [2.45, 2.75) is 76.5 Å². The molecule has 2 aliphatic rings. The lowest BCUT2D eigenvalue weighted by Gasteiger charge is -2.28. The van der Waals surface area contributed by atoms with E-state index < -0.39 is 5.60 Å². The van der Waals surface area contributed by atoms with Crippen molar-refractivity contribution in [1.29, 1.82) is 0 Å². The van der Waals surface area contributed by atoms with Gasteiger partial charge >= 0.3 is 0 Å². The minimum absolute atomic E-state index is 0.0745. The van der Waals surface area contributed by atoms with Crippen LogP contribution in [0.5, 0.6) is 0 Å². The minimum Gasteiger partial charge on any atom is -0.390 e. The van der Waals surface area contributed by atoms with E-state index in [0.717, 1.165) is 45.2 Å². The van der Waals surface area contributed by atoms with Crippen molar-refractivity contribution in [2.75, 3.05) is 13.1 Å². The van der Waals surface area contributed by atoms with Crippen LogP contribution in [0.2, 0.25) is 0 Å². The average Bonchev–Trinajstić information content (AvgIpc) is 2.78. The summed E-state index contributed by atoms with van der Waals surface area (Å²) in [6.07, 6.45) is 7.31. The summed E-state index contributed by atoms with van der Waals surface area (Å²) in [7, 11) is 0. The molecule has 1 saturated carbocycles. The van der Waals surface area contributed by atoms with Crippen LogP contribution >= 0.6 is 0 Å². The summed E-state index contributed by atoms with van der Waals surface area (Å²) in [6.45, 7) is 5.62. The van der Waals surface area contributed by atoms with Crippen LogP contribution in [0, 0.1) is 0 Å². The molecule has 19 heavy (non-hydrogen) atoms. The van der Waals surface area contributed by atoms with Crippen LogP contribution in [0.25, 0.3) is 0 Å². The Labute approximate surface area is 116 Å². The molecule has 0 aromatic heterocycles. The van der Waals surface area contributed by atoms with Gasteiger partial charge in [-0.2, -0.15) is 0 Å². The van der Waals surface area contributed by atoms with E-state index in [0.29, 0.717) is 6.04 Å². The van der Waals surface area contributed by atoms with E-state index in [2.05, 4.69) is 10.2 Å². The number of amides is 1. The third kappa shape index (κ3) is 4.18. The number of carbonyl (C=O) groups excluding carboxylic acids is 1. The molecular formula is C15H28N2O2. The van der Waals surface area contributed by atoms with Gasteiger partial charge in [0.05, 0.1) is 11.6 Å². The Balaban J connectivity index is 1.84. The second-order valence-corrected chi connectivity index (χ2v) is 6.55. The van der Waals surface area contributed by atoms with Crippen LogP contribution in [0.15, 0.2) is 0 Å². The van der Waals surface area contributed by atoms with E-state index in [-0.39, 0.29) is 11.9 Å². The fourth-order valence-corrected chi connectivity index (χ4v) is 3.23. The zero-order valence-electron chi connectivity index (χ0n) is 12.3. The molecule has 0 spiro atoms. The molecule has 0 aromatic carbocycles. The van der Waals surface area contributed by atoms with Gasteiger partial charge in [0.15, 0.2) is 0 Å². The SMILES string of the molecule is CC(C(=O)NC1CCCC1)N1CCCC(C)(O)CC1. The van der Waals surface area contributed by atoms with E-state index in [1.165, 1.54) is 12.8 Å². The van der Waals surface area contributed by atoms with Gasteiger partial charge in [0.1, 0.15) is 0 Å². The molecule has 2 rings (SSSR count). The largest absolute Gasteiger partial charge is 0.390 e. The van der Waals surface area contributed by atoms with Crippen molar-refractivity contribution in [2.24, 2.45) is 0 Å². The maximum absolute atomic E-state index is 12.3. The topological polar surface area (TPSA) is 52.6 Å². The summed E-state index contributed by atoms with van der Waals surface area (Å²) in [6, 6.07) is 0.319. The first-order valence-corrected chi connectivity index (χ1v) is 7.75. The fraction of sp³-hybridized carbons (Fsp3) is 0.933. The Hall–Kier alpha value is -0.610. The van der Waals surface area contributed by atoms with E-state index >= 15 is 0 Å². The van der Waals surface area contributed by atoms with Gasteiger partial charge < -0.3 is 10.4 Å². The Morgan fingerprint density at radius 1 is 1.26 bits per heavy atom. The average molecular weight is 268 g/mol. The number of hydrogen-bond acceptors (Lipinski definition) is 3. The molecule has 1 heterocycles. The van der Waals surface area contributed by atoms with Gasteiger partial charge in [0.2, 0.25) is 5.91 Å². The lowest BCUT2D eigenvalue weighted by Crippen LogP contribution is -2.48. The van der Waals surface area contributed by atoms with Gasteiger partial charge in [0.25, 0.3) is 0 Å². The van der Waals surface area contributed by atoms with E-state index in [9.17, 15) is 9.90 Å². The number of carbonyl (C=O) groups is 1. The minimum atomic E-state index is -0.559. The van der Waals surface area contributed by atoms with Gasteiger partial charge in [-0.25, -0.2) is 0 Å². The molecular weight excluding hydrogens is 240 g/mol. The summed E-state index contributed by atoms with van der Waals surface area (Å²) < 4.78 is 0. The lowest BCUT2D eigenvalue weighted by molar-refractivity contribution is -0.126. The normalized spacial score (nSPS) is 31.9. The molecule has 2 fully saturated rings. The predicted molar refractivity (Wildman–Crippen MR) is 75.9 cm³/mol. The predicted octanol–water partition coefficient (Wildman–Crippen LogP) is 1.67. The number of rotatable bonds is 3. The summed E-state index contributed by atoms with van der Waals surface area (Å²) in [5.41, 5.74) is -0.559. The Kier molecular flexibility index (Phi) is 4.85. The van der Waals surface area contributed by atoms with Crippen molar-refractivity contribution in [3.63, 3.8) is 0 Å². The van der Waals surface area contributed by atoms with Crippen LogP contribution in [0.1, 0.15) is 58.8 Å². The zero-order chi connectivity index (χ0) is 13.9. The molecule has 0 bridgehead atoms. The first-order valence-electron chi connectivity index (χ1n) is 7.75. The third-order valence-corrected chi connectivity index (χ3v) is 4.73. The smallest absolute Gasteiger partial charge is 0.237 e. The van der Waals surface area contributed by atoms with E-state index in [1.807, 2.05) is 13.8 Å². The van der Waals surface area contributed by atoms with Gasteiger partial charge in [-0.15, -0.1) is 0 Å². The fourth-order valence-electron chi connectivity index (χ4n) is 3.23. The summed E-state index contributed by atoms with van der Waals surface area (Å²) in [5.74, 6) is 0.161. The van der Waals surface area contributed by atoms with E-state index in [1.54, 1.807) is 0 Å². The standard InChI is InChI=1S/C15H28N2O2/c1-12(14(18)16-13-6-3-4-7-13)17-10-5-8-15(2,19)9-11-17/h12-13,19H,3-11H2,1-2H3,(H,16,18). The number of hydrogen-bond donors (Lipinski definition) is 2. The maximum Gasteiger partial charge on any atom is 0.237 e. The van der Waals surface area contributed by atoms with Crippen LogP contribution in [0.4, 0.5) is 0 Å². The van der Waals surface area contributed by atoms with Gasteiger partial charge in [-0.1, -0.05) is 12.8 Å². The van der Waals surface area contributed by atoms with Crippen molar-refractivity contribution in [3.05, 3.63) is 0 Å². The van der Waals surface area contributed by atoms with Gasteiger partial charge in [-0.05, 0) is 52.5 Å². The Morgan fingerprint density at radius 3 is 2.63 bits per heavy atom. The molecule has 1 amide bonds. The molecule has 2 unspecified atom stereocenters. The van der Waals surface area contributed by atoms with Crippen LogP contribution in [0.3, 0.4) is 0 Å². The van der Waals surface area contributed by atoms with Gasteiger partial charge in [-0.3, -0.25) is 9.69 Å². The lowest BCUT2D eigenvalue weighted by atomic mass is 9.98. The highest BCUT2D eigenvalue weighted by atomic mass is 16.3. The molecule has 0 aromatic rings. The summed E-state index contributed by atoms with van der Waals surface area (Å²) in [5, 5.41) is 13.3. The van der Waals surface area contributed by atoms with Crippen LogP contribution < -0.4 is 5.32 Å². The second-order valence-electron chi connectivity index (χ2n) is 6.55.